The number of carboxylic acid groups (broad SMARTS) is 1. The Kier molecular flexibility index (Phi) is 20.0. The molecule has 27 heteroatoms. The van der Waals surface area contributed by atoms with Gasteiger partial charge in [-0.15, -0.1) is 23.5 Å². The zero-order chi connectivity index (χ0) is 50.6. The first-order valence-electron chi connectivity index (χ1n) is 19.0. The monoisotopic (exact) mass is 1010 g/mol. The molecule has 2 amide bonds. The number of hydrogen-bond donors (Lipinski definition) is 3. The Morgan fingerprint density at radius 3 is 1.39 bits per heavy atom. The third kappa shape index (κ3) is 16.1. The molecule has 24 nitrogen and oxygen atoms in total. The van der Waals surface area contributed by atoms with Crippen molar-refractivity contribution in [2.75, 3.05) is 12.9 Å². The third-order valence-corrected chi connectivity index (χ3v) is 10.2. The third-order valence-electron chi connectivity index (χ3n) is 8.06. The molecule has 4 aromatic carbocycles. The molecule has 6 rings (SSSR count). The van der Waals surface area contributed by atoms with Crippen molar-refractivity contribution in [3.05, 3.63) is 153 Å². The Hall–Kier alpha value is -8.49. The van der Waals surface area contributed by atoms with Gasteiger partial charge in [-0.05, 0) is 82.6 Å². The maximum absolute atomic E-state index is 12.2. The fraction of sp³-hybridized carbons (Fsp3) is 0.143. The van der Waals surface area contributed by atoms with Crippen LogP contribution in [0.15, 0.2) is 116 Å². The van der Waals surface area contributed by atoms with Gasteiger partial charge in [0.05, 0.1) is 22.6 Å². The van der Waals surface area contributed by atoms with Crippen molar-refractivity contribution in [1.29, 1.82) is 0 Å². The predicted octanol–water partition coefficient (Wildman–Crippen LogP) is 3.96. The number of aromatic carboxylic acids is 1. The van der Waals surface area contributed by atoms with E-state index in [0.717, 1.165) is 4.90 Å². The minimum Gasteiger partial charge on any atom is -0.478 e. The van der Waals surface area contributed by atoms with Crippen molar-refractivity contribution in [3.63, 3.8) is 0 Å². The number of nitrogens with two attached hydrogens (primary N) is 2. The van der Waals surface area contributed by atoms with Crippen LogP contribution in [0.5, 0.6) is 11.5 Å². The first kappa shape index (κ1) is 53.1. The number of halogens is 1. The molecule has 69 heavy (non-hydrogen) atoms. The van der Waals surface area contributed by atoms with Gasteiger partial charge in [-0.3, -0.25) is 28.4 Å². The number of ether oxygens (including phenoxy) is 5. The van der Waals surface area contributed by atoms with Crippen molar-refractivity contribution < 1.29 is 86.2 Å². The van der Waals surface area contributed by atoms with Crippen LogP contribution >= 0.6 is 35.1 Å². The number of carboxylic acids is 1. The Morgan fingerprint density at radius 1 is 0.609 bits per heavy atom. The van der Waals surface area contributed by atoms with Crippen LogP contribution in [0, 0.1) is 10.4 Å². The van der Waals surface area contributed by atoms with Gasteiger partial charge >= 0.3 is 35.8 Å². The van der Waals surface area contributed by atoms with Gasteiger partial charge in [0.15, 0.2) is 6.07 Å². The SMILES string of the molecule is CC(=O)Oc1ccccc1C(=O)OCCl.CC(=O)Oc1ccccc1C(=O)OCOC(=O)c1ccc(SCc2no[n+]([O-])c2C(N)=O)cc1.NC(=O)c1c(CSc2ccc(C(=O)O)cc2)no[n+]1[O-]. The number of primary amides is 2. The number of nitrogens with zero attached hydrogens (tertiary/aromatic N) is 4. The zero-order valence-corrected chi connectivity index (χ0v) is 38.0. The molecule has 2 heterocycles. The summed E-state index contributed by atoms with van der Waals surface area (Å²) < 4.78 is 32.9. The highest BCUT2D eigenvalue weighted by Gasteiger charge is 2.26. The number of thioether (sulfide) groups is 2. The standard InChI is InChI=1S/C21H17N3O9S.C11H9N3O5S.C10H9ClO4/c1-12(25)32-17-5-3-2-4-15(17)21(28)31-11-30-20(27)13-6-8-14(9-7-13)34-10-16-18(19(22)26)24(29)33-23-16;12-10(15)9-8(13-19-14(9)18)5-20-7-3-1-6(2-4-7)11(16)17;1-7(12)15-9-5-3-2-4-8(9)10(13)14-6-11/h2-9H,10-11H2,1H3,(H2,22,26);1-4H,5H2,(H2,12,15)(H,16,17);2-5H,6H2,1H3. The molecule has 0 radical (unpaired) electrons. The van der Waals surface area contributed by atoms with E-state index in [1.54, 1.807) is 48.5 Å². The molecule has 0 fully saturated rings. The van der Waals surface area contributed by atoms with E-state index in [1.165, 1.54) is 85.9 Å². The van der Waals surface area contributed by atoms with Crippen molar-refractivity contribution >= 4 is 82.8 Å². The van der Waals surface area contributed by atoms with Gasteiger partial charge in [-0.1, -0.05) is 35.9 Å². The number of hydrogen-bond acceptors (Lipinski definition) is 21. The van der Waals surface area contributed by atoms with Crippen LogP contribution in [0.3, 0.4) is 0 Å². The lowest BCUT2D eigenvalue weighted by atomic mass is 10.2. The van der Waals surface area contributed by atoms with Crippen LogP contribution in [0.4, 0.5) is 0 Å². The number of amides is 2. The number of rotatable bonds is 17. The molecule has 6 aromatic rings. The number of carbonyl (C=O) groups excluding carboxylic acids is 7. The molecule has 0 aliphatic carbocycles. The summed E-state index contributed by atoms with van der Waals surface area (Å²) in [4.78, 5) is 92.0. The normalized spacial score (nSPS) is 10.2. The number of benzene rings is 4. The highest BCUT2D eigenvalue weighted by atomic mass is 35.5. The lowest BCUT2D eigenvalue weighted by Gasteiger charge is -2.09. The zero-order valence-electron chi connectivity index (χ0n) is 35.6. The van der Waals surface area contributed by atoms with Crippen LogP contribution in [-0.4, -0.2) is 75.9 Å². The van der Waals surface area contributed by atoms with Crippen LogP contribution in [-0.2, 0) is 35.3 Å². The lowest BCUT2D eigenvalue weighted by molar-refractivity contribution is -0.803. The van der Waals surface area contributed by atoms with E-state index in [1.807, 2.05) is 0 Å². The van der Waals surface area contributed by atoms with Crippen LogP contribution in [0.25, 0.3) is 0 Å². The summed E-state index contributed by atoms with van der Waals surface area (Å²) in [5, 5.41) is 38.2. The van der Waals surface area contributed by atoms with E-state index in [9.17, 15) is 48.8 Å². The smallest absolute Gasteiger partial charge is 0.344 e. The molecule has 0 saturated carbocycles. The van der Waals surface area contributed by atoms with Crippen LogP contribution in [0.1, 0.15) is 87.6 Å². The Labute approximate surface area is 401 Å². The quantitative estimate of drug-likeness (QED) is 0.0291. The minimum absolute atomic E-state index is 0.00392. The number of aromatic nitrogens is 4. The number of carbonyl (C=O) groups is 8. The van der Waals surface area contributed by atoms with Crippen molar-refractivity contribution in [2.24, 2.45) is 11.5 Å². The fourth-order valence-corrected chi connectivity index (χ4v) is 6.81. The first-order chi connectivity index (χ1) is 32.9. The van der Waals surface area contributed by atoms with E-state index in [2.05, 4.69) is 24.3 Å². The maximum Gasteiger partial charge on any atom is 0.344 e. The van der Waals surface area contributed by atoms with E-state index >= 15 is 0 Å². The van der Waals surface area contributed by atoms with E-state index in [-0.39, 0.29) is 83.9 Å². The molecule has 0 unspecified atom stereocenters. The molecule has 360 valence electrons. The summed E-state index contributed by atoms with van der Waals surface area (Å²) >= 11 is 7.74. The molecule has 5 N–H and O–H groups in total. The van der Waals surface area contributed by atoms with E-state index < -0.39 is 54.4 Å². The summed E-state index contributed by atoms with van der Waals surface area (Å²) in [6.45, 7) is 1.80. The van der Waals surface area contributed by atoms with Crippen LogP contribution in [0.2, 0.25) is 0 Å². The van der Waals surface area contributed by atoms with E-state index in [0.29, 0.717) is 4.90 Å². The summed E-state index contributed by atoms with van der Waals surface area (Å²) in [6.07, 6.45) is 0. The summed E-state index contributed by atoms with van der Waals surface area (Å²) in [7, 11) is 0. The van der Waals surface area contributed by atoms with Gasteiger partial charge in [0.1, 0.15) is 22.6 Å². The minimum atomic E-state index is -1.01. The maximum atomic E-state index is 12.2. The van der Waals surface area contributed by atoms with Gasteiger partial charge in [0.25, 0.3) is 23.2 Å². The molecule has 0 spiro atoms. The predicted molar refractivity (Wildman–Crippen MR) is 234 cm³/mol. The molecule has 0 aliphatic rings. The van der Waals surface area contributed by atoms with Gasteiger partial charge in [-0.2, -0.15) is 0 Å². The topological polar surface area (TPSA) is 361 Å². The fourth-order valence-electron chi connectivity index (χ4n) is 5.07. The number of alkyl halides is 1. The molecule has 0 saturated heterocycles. The molecular weight excluding hydrogens is 976 g/mol. The number of esters is 5. The molecule has 0 atom stereocenters. The highest BCUT2D eigenvalue weighted by Crippen LogP contribution is 2.25. The van der Waals surface area contributed by atoms with Gasteiger partial charge < -0.3 is 50.7 Å². The Balaban J connectivity index is 0.000000250. The van der Waals surface area contributed by atoms with Gasteiger partial charge in [0, 0.05) is 34.0 Å². The summed E-state index contributed by atoms with van der Waals surface area (Å²) in [5.41, 5.74) is 10.2. The molecular formula is C42H35ClN6O18S2. The van der Waals surface area contributed by atoms with Gasteiger partial charge in [-0.25, -0.2) is 19.2 Å². The second-order valence-corrected chi connectivity index (χ2v) is 15.1. The summed E-state index contributed by atoms with van der Waals surface area (Å²) in [6, 6.07) is 24.3. The Morgan fingerprint density at radius 2 is 1.00 bits per heavy atom. The lowest BCUT2D eigenvalue weighted by Crippen LogP contribution is -2.34. The average molecular weight is 1010 g/mol. The second kappa shape index (κ2) is 26.0. The molecule has 0 bridgehead atoms. The van der Waals surface area contributed by atoms with Crippen LogP contribution < -0.4 is 30.7 Å². The first-order valence-corrected chi connectivity index (χ1v) is 21.5. The molecule has 2 aromatic heterocycles. The van der Waals surface area contributed by atoms with E-state index in [4.69, 9.17) is 47.1 Å². The van der Waals surface area contributed by atoms with Crippen molar-refractivity contribution in [1.82, 2.24) is 10.3 Å². The largest absolute Gasteiger partial charge is 0.478 e. The van der Waals surface area contributed by atoms with Crippen molar-refractivity contribution in [2.45, 2.75) is 35.1 Å². The second-order valence-electron chi connectivity index (χ2n) is 12.8. The number of para-hydroxylation sites is 2. The average Bonchev–Trinajstić information content (AvgIpc) is 3.89. The van der Waals surface area contributed by atoms with Crippen molar-refractivity contribution in [3.8, 4) is 11.5 Å². The summed E-state index contributed by atoms with van der Waals surface area (Å²) in [5.74, 6) is -5.66. The Bertz CT molecular complexity index is 2820. The highest BCUT2D eigenvalue weighted by molar-refractivity contribution is 7.98. The van der Waals surface area contributed by atoms with Gasteiger partial charge in [0.2, 0.25) is 18.2 Å². The molecule has 0 aliphatic heterocycles.